The number of anilines is 2. The van der Waals surface area contributed by atoms with Crippen molar-refractivity contribution in [1.82, 2.24) is 5.32 Å². The Labute approximate surface area is 116 Å². The van der Waals surface area contributed by atoms with Crippen molar-refractivity contribution in [2.24, 2.45) is 0 Å². The fourth-order valence-corrected chi connectivity index (χ4v) is 2.13. The van der Waals surface area contributed by atoms with Crippen LogP contribution in [0.4, 0.5) is 15.8 Å². The van der Waals surface area contributed by atoms with Gasteiger partial charge < -0.3 is 16.0 Å². The van der Waals surface area contributed by atoms with Crippen LogP contribution in [0.25, 0.3) is 0 Å². The lowest BCUT2D eigenvalue weighted by Gasteiger charge is -2.18. The van der Waals surface area contributed by atoms with E-state index in [0.29, 0.717) is 31.4 Å². The Balaban J connectivity index is 2.06. The number of carbonyl (C=O) groups excluding carboxylic acids is 2. The van der Waals surface area contributed by atoms with Crippen LogP contribution in [0.3, 0.4) is 0 Å². The van der Waals surface area contributed by atoms with E-state index in [1.54, 1.807) is 0 Å². The van der Waals surface area contributed by atoms with Crippen LogP contribution in [-0.4, -0.2) is 25.4 Å². The lowest BCUT2D eigenvalue weighted by Crippen LogP contribution is -2.20. The lowest BCUT2D eigenvalue weighted by atomic mass is 10.0. The van der Waals surface area contributed by atoms with Crippen molar-refractivity contribution in [2.45, 2.75) is 25.7 Å². The first-order chi connectivity index (χ1) is 9.60. The number of rotatable bonds is 5. The summed E-state index contributed by atoms with van der Waals surface area (Å²) in [6.45, 7) is 0.732. The van der Waals surface area contributed by atoms with E-state index in [1.165, 1.54) is 12.1 Å². The number of halogens is 1. The van der Waals surface area contributed by atoms with Gasteiger partial charge in [-0.2, -0.15) is 0 Å². The van der Waals surface area contributed by atoms with Gasteiger partial charge in [-0.05, 0) is 44.1 Å². The van der Waals surface area contributed by atoms with Crippen molar-refractivity contribution in [1.29, 1.82) is 0 Å². The van der Waals surface area contributed by atoms with Crippen LogP contribution < -0.4 is 16.0 Å². The molecule has 5 nitrogen and oxygen atoms in total. The normalized spacial score (nSPS) is 13.6. The van der Waals surface area contributed by atoms with E-state index in [1.807, 2.05) is 7.05 Å². The first-order valence-electron chi connectivity index (χ1n) is 6.67. The standard InChI is InChI=1S/C14H18FN3O2/c1-16-6-2-3-13(19)18-12-8-11-9(7-10(12)15)4-5-14(20)17-11/h7-8,16H,2-6H2,1H3,(H,17,20)(H,18,19). The summed E-state index contributed by atoms with van der Waals surface area (Å²) in [5.41, 5.74) is 1.45. The topological polar surface area (TPSA) is 70.2 Å². The summed E-state index contributed by atoms with van der Waals surface area (Å²) < 4.78 is 13.9. The molecule has 0 radical (unpaired) electrons. The Morgan fingerprint density at radius 1 is 1.40 bits per heavy atom. The number of benzene rings is 1. The van der Waals surface area contributed by atoms with Gasteiger partial charge in [0.2, 0.25) is 11.8 Å². The second kappa shape index (κ2) is 6.47. The first kappa shape index (κ1) is 14.5. The predicted molar refractivity (Wildman–Crippen MR) is 75.1 cm³/mol. The van der Waals surface area contributed by atoms with Gasteiger partial charge in [-0.3, -0.25) is 9.59 Å². The molecule has 0 bridgehead atoms. The van der Waals surface area contributed by atoms with Gasteiger partial charge in [0, 0.05) is 18.5 Å². The van der Waals surface area contributed by atoms with Crippen molar-refractivity contribution < 1.29 is 14.0 Å². The first-order valence-corrected chi connectivity index (χ1v) is 6.67. The monoisotopic (exact) mass is 279 g/mol. The minimum atomic E-state index is -0.470. The molecular formula is C14H18FN3O2. The van der Waals surface area contributed by atoms with Crippen LogP contribution in [-0.2, 0) is 16.0 Å². The summed E-state index contributed by atoms with van der Waals surface area (Å²) >= 11 is 0. The number of amides is 2. The van der Waals surface area contributed by atoms with Crippen molar-refractivity contribution in [3.8, 4) is 0 Å². The molecule has 0 atom stereocenters. The SMILES string of the molecule is CNCCCC(=O)Nc1cc2c(cc1F)CCC(=O)N2. The number of hydrogen-bond donors (Lipinski definition) is 3. The number of aryl methyl sites for hydroxylation is 1. The molecule has 0 aliphatic carbocycles. The zero-order valence-electron chi connectivity index (χ0n) is 11.4. The Hall–Kier alpha value is -1.95. The van der Waals surface area contributed by atoms with Gasteiger partial charge in [0.15, 0.2) is 0 Å². The highest BCUT2D eigenvalue weighted by Crippen LogP contribution is 2.28. The fourth-order valence-electron chi connectivity index (χ4n) is 2.13. The van der Waals surface area contributed by atoms with E-state index in [4.69, 9.17) is 0 Å². The highest BCUT2D eigenvalue weighted by molar-refractivity contribution is 5.96. The van der Waals surface area contributed by atoms with Gasteiger partial charge in [0.1, 0.15) is 5.82 Å². The summed E-state index contributed by atoms with van der Waals surface area (Å²) in [7, 11) is 1.81. The molecular weight excluding hydrogens is 261 g/mol. The molecule has 1 aliphatic heterocycles. The molecule has 1 heterocycles. The maximum Gasteiger partial charge on any atom is 0.224 e. The summed E-state index contributed by atoms with van der Waals surface area (Å²) in [6, 6.07) is 2.86. The Morgan fingerprint density at radius 2 is 2.20 bits per heavy atom. The quantitative estimate of drug-likeness (QED) is 0.718. The molecule has 0 spiro atoms. The van der Waals surface area contributed by atoms with E-state index in [-0.39, 0.29) is 17.5 Å². The fraction of sp³-hybridized carbons (Fsp3) is 0.429. The zero-order valence-corrected chi connectivity index (χ0v) is 11.4. The van der Waals surface area contributed by atoms with Crippen LogP contribution in [0, 0.1) is 5.82 Å². The van der Waals surface area contributed by atoms with Crippen LogP contribution in [0.5, 0.6) is 0 Å². The number of hydrogen-bond acceptors (Lipinski definition) is 3. The average Bonchev–Trinajstić information content (AvgIpc) is 2.40. The van der Waals surface area contributed by atoms with E-state index < -0.39 is 5.82 Å². The summed E-state index contributed by atoms with van der Waals surface area (Å²) in [6.07, 6.45) is 1.89. The number of carbonyl (C=O) groups is 2. The molecule has 2 amide bonds. The number of fused-ring (bicyclic) bond motifs is 1. The van der Waals surface area contributed by atoms with Gasteiger partial charge in [-0.1, -0.05) is 0 Å². The van der Waals surface area contributed by atoms with E-state index in [9.17, 15) is 14.0 Å². The van der Waals surface area contributed by atoms with Crippen LogP contribution in [0.2, 0.25) is 0 Å². The van der Waals surface area contributed by atoms with Gasteiger partial charge in [-0.25, -0.2) is 4.39 Å². The molecule has 108 valence electrons. The highest BCUT2D eigenvalue weighted by atomic mass is 19.1. The minimum Gasteiger partial charge on any atom is -0.326 e. The highest BCUT2D eigenvalue weighted by Gasteiger charge is 2.18. The van der Waals surface area contributed by atoms with Gasteiger partial charge in [0.25, 0.3) is 0 Å². The molecule has 0 fully saturated rings. The maximum absolute atomic E-state index is 13.9. The molecule has 20 heavy (non-hydrogen) atoms. The van der Waals surface area contributed by atoms with Crippen LogP contribution in [0.1, 0.15) is 24.8 Å². The second-order valence-electron chi connectivity index (χ2n) is 4.79. The van der Waals surface area contributed by atoms with E-state index >= 15 is 0 Å². The van der Waals surface area contributed by atoms with Gasteiger partial charge in [0.05, 0.1) is 5.69 Å². The third-order valence-electron chi connectivity index (χ3n) is 3.19. The molecule has 1 aromatic carbocycles. The molecule has 0 aromatic heterocycles. The van der Waals surface area contributed by atoms with Crippen LogP contribution in [0.15, 0.2) is 12.1 Å². The Bertz CT molecular complexity index is 531. The lowest BCUT2D eigenvalue weighted by molar-refractivity contribution is -0.117. The molecule has 6 heteroatoms. The molecule has 2 rings (SSSR count). The van der Waals surface area contributed by atoms with Gasteiger partial charge >= 0.3 is 0 Å². The minimum absolute atomic E-state index is 0.0876. The predicted octanol–water partition coefficient (Wildman–Crippen LogP) is 1.65. The molecule has 1 aliphatic rings. The average molecular weight is 279 g/mol. The van der Waals surface area contributed by atoms with Crippen LogP contribution >= 0.6 is 0 Å². The van der Waals surface area contributed by atoms with Crippen molar-refractivity contribution >= 4 is 23.2 Å². The summed E-state index contributed by atoms with van der Waals surface area (Å²) in [5.74, 6) is -0.793. The maximum atomic E-state index is 13.9. The van der Waals surface area contributed by atoms with E-state index in [0.717, 1.165) is 12.1 Å². The second-order valence-corrected chi connectivity index (χ2v) is 4.79. The third-order valence-corrected chi connectivity index (χ3v) is 3.19. The molecule has 3 N–H and O–H groups in total. The smallest absolute Gasteiger partial charge is 0.224 e. The third kappa shape index (κ3) is 3.54. The summed E-state index contributed by atoms with van der Waals surface area (Å²) in [5, 5.41) is 8.17. The van der Waals surface area contributed by atoms with E-state index in [2.05, 4.69) is 16.0 Å². The van der Waals surface area contributed by atoms with Crippen molar-refractivity contribution in [3.05, 3.63) is 23.5 Å². The molecule has 0 saturated heterocycles. The number of nitrogens with one attached hydrogen (secondary N) is 3. The Morgan fingerprint density at radius 3 is 2.95 bits per heavy atom. The largest absolute Gasteiger partial charge is 0.326 e. The molecule has 0 unspecified atom stereocenters. The molecule has 1 aromatic rings. The Kier molecular flexibility index (Phi) is 4.68. The molecule has 0 saturated carbocycles. The van der Waals surface area contributed by atoms with Gasteiger partial charge in [-0.15, -0.1) is 0 Å². The van der Waals surface area contributed by atoms with Crippen molar-refractivity contribution in [2.75, 3.05) is 24.2 Å². The zero-order chi connectivity index (χ0) is 14.5. The summed E-state index contributed by atoms with van der Waals surface area (Å²) in [4.78, 5) is 23.0. The van der Waals surface area contributed by atoms with Crippen molar-refractivity contribution in [3.63, 3.8) is 0 Å².